The normalized spacial score (nSPS) is 14.5. The molecule has 2 aliphatic heterocycles. The smallest absolute Gasteiger partial charge is 0.329 e. The summed E-state index contributed by atoms with van der Waals surface area (Å²) in [6.45, 7) is 2.99. The van der Waals surface area contributed by atoms with Crippen molar-refractivity contribution in [1.82, 2.24) is 39.5 Å². The van der Waals surface area contributed by atoms with Crippen molar-refractivity contribution in [3.05, 3.63) is 130 Å². The summed E-state index contributed by atoms with van der Waals surface area (Å²) in [5, 5.41) is 26.4. The highest BCUT2D eigenvalue weighted by molar-refractivity contribution is 5.93. The van der Waals surface area contributed by atoms with Crippen LogP contribution < -0.4 is 27.8 Å². The molecule has 2 aromatic carbocycles. The maximum Gasteiger partial charge on any atom is 0.329 e. The van der Waals surface area contributed by atoms with E-state index in [-0.39, 0.29) is 11.5 Å². The molecule has 60 heavy (non-hydrogen) atoms. The molecule has 2 saturated heterocycles. The Balaban J connectivity index is 0.000000182. The van der Waals surface area contributed by atoms with Gasteiger partial charge in [0.15, 0.2) is 5.82 Å². The summed E-state index contributed by atoms with van der Waals surface area (Å²) in [5.74, 6) is 0.623. The number of amides is 2. The van der Waals surface area contributed by atoms with Gasteiger partial charge in [-0.25, -0.2) is 19.9 Å². The summed E-state index contributed by atoms with van der Waals surface area (Å²) in [4.78, 5) is 50.6. The molecule has 4 aromatic heterocycles. The highest BCUT2D eigenvalue weighted by atomic mass is 16.6. The summed E-state index contributed by atoms with van der Waals surface area (Å²) in [6.07, 6.45) is 15.1. The Morgan fingerprint density at radius 3 is 1.57 bits per heavy atom. The molecular weight excluding hydrogens is 773 g/mol. The second kappa shape index (κ2) is 19.0. The van der Waals surface area contributed by atoms with Gasteiger partial charge < -0.3 is 37.3 Å². The molecule has 8 rings (SSSR count). The van der Waals surface area contributed by atoms with Crippen molar-refractivity contribution in [2.24, 2.45) is 11.5 Å². The van der Waals surface area contributed by atoms with Crippen LogP contribution in [0.25, 0.3) is 0 Å². The monoisotopic (exact) mass is 816 g/mol. The maximum atomic E-state index is 11.4. The number of aromatic nitrogens is 8. The Morgan fingerprint density at radius 1 is 0.683 bits per heavy atom. The number of hydrogen-bond acceptors (Lipinski definition) is 15. The molecular formula is C40H44N14O6. The first-order chi connectivity index (χ1) is 29.1. The number of anilines is 5. The van der Waals surface area contributed by atoms with Gasteiger partial charge in [0.1, 0.15) is 17.8 Å². The van der Waals surface area contributed by atoms with Crippen molar-refractivity contribution in [2.45, 2.75) is 50.6 Å². The molecule has 2 fully saturated rings. The largest absolute Gasteiger partial charge is 0.394 e. The minimum Gasteiger partial charge on any atom is -0.394 e. The average molecular weight is 817 g/mol. The quantitative estimate of drug-likeness (QED) is 0.0797. The zero-order chi connectivity index (χ0) is 42.0. The fraction of sp³-hybridized carbons (Fsp3) is 0.300. The van der Waals surface area contributed by atoms with Crippen LogP contribution in [0.1, 0.15) is 81.3 Å². The van der Waals surface area contributed by atoms with Gasteiger partial charge in [-0.3, -0.25) is 29.1 Å². The van der Waals surface area contributed by atoms with E-state index >= 15 is 0 Å². The van der Waals surface area contributed by atoms with Gasteiger partial charge in [-0.05, 0) is 85.3 Å². The van der Waals surface area contributed by atoms with E-state index in [2.05, 4.69) is 40.8 Å². The molecule has 0 atom stereocenters. The minimum atomic E-state index is -0.553. The fourth-order valence-electron chi connectivity index (χ4n) is 6.65. The van der Waals surface area contributed by atoms with Crippen molar-refractivity contribution < 1.29 is 24.0 Å². The zero-order valence-electron chi connectivity index (χ0n) is 32.5. The number of nitrogen functional groups attached to an aromatic ring is 1. The van der Waals surface area contributed by atoms with Gasteiger partial charge in [-0.2, -0.15) is 10.2 Å². The second-order valence-corrected chi connectivity index (χ2v) is 14.2. The van der Waals surface area contributed by atoms with E-state index in [1.54, 1.807) is 48.8 Å². The lowest BCUT2D eigenvalue weighted by molar-refractivity contribution is -0.384. The van der Waals surface area contributed by atoms with Crippen molar-refractivity contribution in [2.75, 3.05) is 42.8 Å². The van der Waals surface area contributed by atoms with Gasteiger partial charge in [0.2, 0.25) is 17.6 Å². The number of nitrogens with two attached hydrogens (primary N) is 3. The molecule has 6 heterocycles. The molecule has 310 valence electrons. The fourth-order valence-corrected chi connectivity index (χ4v) is 6.65. The van der Waals surface area contributed by atoms with Crippen molar-refractivity contribution in [1.29, 1.82) is 0 Å². The Morgan fingerprint density at radius 2 is 1.12 bits per heavy atom. The van der Waals surface area contributed by atoms with Crippen molar-refractivity contribution in [3.8, 4) is 0 Å². The third-order valence-electron chi connectivity index (χ3n) is 9.91. The molecule has 2 amide bonds. The number of primary amides is 2. The lowest BCUT2D eigenvalue weighted by Gasteiger charge is -2.22. The van der Waals surface area contributed by atoms with Crippen LogP contribution in [0.4, 0.5) is 34.4 Å². The van der Waals surface area contributed by atoms with Crippen LogP contribution in [-0.4, -0.2) is 82.7 Å². The summed E-state index contributed by atoms with van der Waals surface area (Å²) < 4.78 is 14.7. The molecule has 0 aliphatic carbocycles. The number of nitro groups is 1. The number of carbonyl (C=O) groups is 2. The molecule has 20 nitrogen and oxygen atoms in total. The van der Waals surface area contributed by atoms with Gasteiger partial charge in [-0.15, -0.1) is 0 Å². The number of carbonyl (C=O) groups excluding carboxylic acids is 2. The summed E-state index contributed by atoms with van der Waals surface area (Å²) in [5.41, 5.74) is 20.7. The van der Waals surface area contributed by atoms with E-state index in [1.807, 2.05) is 28.0 Å². The van der Waals surface area contributed by atoms with E-state index in [1.165, 1.54) is 18.3 Å². The predicted octanol–water partition coefficient (Wildman–Crippen LogP) is 4.41. The molecule has 0 saturated carbocycles. The number of rotatable bonds is 13. The van der Waals surface area contributed by atoms with Crippen molar-refractivity contribution in [3.63, 3.8) is 0 Å². The van der Waals surface area contributed by atoms with Crippen molar-refractivity contribution >= 4 is 46.2 Å². The summed E-state index contributed by atoms with van der Waals surface area (Å²) >= 11 is 0. The van der Waals surface area contributed by atoms with E-state index in [9.17, 15) is 19.7 Å². The van der Waals surface area contributed by atoms with E-state index in [0.29, 0.717) is 64.9 Å². The Bertz CT molecular complexity index is 2420. The lowest BCUT2D eigenvalue weighted by atomic mass is 10.1. The first kappa shape index (κ1) is 40.9. The molecule has 2 aliphatic rings. The van der Waals surface area contributed by atoms with Crippen LogP contribution in [0, 0.1) is 10.1 Å². The third kappa shape index (κ3) is 10.6. The number of benzene rings is 2. The Kier molecular flexibility index (Phi) is 12.9. The highest BCUT2D eigenvalue weighted by Gasteiger charge is 2.21. The molecule has 0 spiro atoms. The average Bonchev–Trinajstić information content (AvgIpc) is 3.93. The highest BCUT2D eigenvalue weighted by Crippen LogP contribution is 2.27. The van der Waals surface area contributed by atoms with Gasteiger partial charge in [0.25, 0.3) is 0 Å². The molecule has 0 unspecified atom stereocenters. The SMILES string of the molecule is NC(=O)c1ccc(Nc2nc(Cc3cnn(C4CCOCC4)c3)ncc2N)cc1.NC(=O)c1ccc(Nc2nc(Cc3cnn(C4CCOCC4)c3)ncc2[N+](=O)[O-])cc1. The number of nitrogens with zero attached hydrogens (tertiary/aromatic N) is 9. The standard InChI is InChI=1S/C20H21N7O4.C20H23N7O2/c21-19(28)14-1-3-15(4-2-14)24-20-17(27(29)30)11-22-18(25-20)9-13-10-23-26(12-13)16-5-7-31-8-6-16;21-17-11-23-18(9-13-10-24-27(12-13)16-5-7-29-8-6-16)26-20(17)25-15-3-1-14(2-4-15)19(22)28/h1-4,10-12,16H,5-9H2,(H2,21,28)(H,22,24,25);1-4,10-12,16H,5-9,21H2,(H2,22,28)(H,23,25,26). The van der Waals surface area contributed by atoms with Gasteiger partial charge in [0.05, 0.1) is 41.3 Å². The van der Waals surface area contributed by atoms with Crippen LogP contribution >= 0.6 is 0 Å². The van der Waals surface area contributed by atoms with Gasteiger partial charge in [0, 0.05) is 74.2 Å². The van der Waals surface area contributed by atoms with Crippen LogP contribution in [0.5, 0.6) is 0 Å². The predicted molar refractivity (Wildman–Crippen MR) is 220 cm³/mol. The molecule has 20 heteroatoms. The number of hydrogen-bond donors (Lipinski definition) is 5. The summed E-state index contributed by atoms with van der Waals surface area (Å²) in [7, 11) is 0. The Hall–Kier alpha value is -7.32. The van der Waals surface area contributed by atoms with Gasteiger partial charge in [-0.1, -0.05) is 0 Å². The Labute approximate surface area is 343 Å². The van der Waals surface area contributed by atoms with Crippen LogP contribution in [-0.2, 0) is 22.3 Å². The zero-order valence-corrected chi connectivity index (χ0v) is 32.5. The van der Waals surface area contributed by atoms with E-state index in [0.717, 1.165) is 68.9 Å². The lowest BCUT2D eigenvalue weighted by Crippen LogP contribution is -2.19. The second-order valence-electron chi connectivity index (χ2n) is 14.2. The first-order valence-corrected chi connectivity index (χ1v) is 19.2. The maximum absolute atomic E-state index is 11.4. The minimum absolute atomic E-state index is 0.0682. The molecule has 0 radical (unpaired) electrons. The number of nitrogens with one attached hydrogen (secondary N) is 2. The number of ether oxygens (including phenoxy) is 2. The third-order valence-corrected chi connectivity index (χ3v) is 9.91. The van der Waals surface area contributed by atoms with Crippen LogP contribution in [0.3, 0.4) is 0 Å². The topological polar surface area (TPSA) is 285 Å². The summed E-state index contributed by atoms with van der Waals surface area (Å²) in [6, 6.07) is 13.7. The van der Waals surface area contributed by atoms with Crippen LogP contribution in [0.15, 0.2) is 85.7 Å². The van der Waals surface area contributed by atoms with E-state index < -0.39 is 16.7 Å². The first-order valence-electron chi connectivity index (χ1n) is 19.2. The molecule has 0 bridgehead atoms. The molecule has 8 N–H and O–H groups in total. The van der Waals surface area contributed by atoms with Gasteiger partial charge >= 0.3 is 5.69 Å². The molecule has 6 aromatic rings. The van der Waals surface area contributed by atoms with E-state index in [4.69, 9.17) is 26.7 Å². The van der Waals surface area contributed by atoms with Crippen LogP contribution in [0.2, 0.25) is 0 Å².